The summed E-state index contributed by atoms with van der Waals surface area (Å²) in [7, 11) is 5.44. The number of nitrogens with one attached hydrogen (secondary N) is 1. The van der Waals surface area contributed by atoms with E-state index in [0.29, 0.717) is 43.1 Å². The van der Waals surface area contributed by atoms with Crippen molar-refractivity contribution >= 4 is 62.9 Å². The minimum absolute atomic E-state index is 0.0434. The molecule has 0 unspecified atom stereocenters. The van der Waals surface area contributed by atoms with E-state index < -0.39 is 106 Å². The van der Waals surface area contributed by atoms with Gasteiger partial charge in [-0.1, -0.05) is 45.9 Å². The van der Waals surface area contributed by atoms with Crippen LogP contribution in [0.4, 0.5) is 15.8 Å². The Morgan fingerprint density at radius 2 is 1.51 bits per heavy atom. The molecule has 2 saturated heterocycles. The highest BCUT2D eigenvalue weighted by atomic mass is 19.1. The number of fused-ring (bicyclic) bond motifs is 14. The first-order valence-electron chi connectivity index (χ1n) is 28.4. The van der Waals surface area contributed by atoms with Gasteiger partial charge in [-0.2, -0.15) is 5.10 Å². The molecule has 10 atom stereocenters. The highest BCUT2D eigenvalue weighted by Gasteiger charge is 2.50. The van der Waals surface area contributed by atoms with E-state index in [-0.39, 0.29) is 68.1 Å². The fraction of sp³-hybridized carbons (Fsp3) is 0.508. The van der Waals surface area contributed by atoms with Crippen LogP contribution in [0.15, 0.2) is 58.3 Å². The Morgan fingerprint density at radius 1 is 0.859 bits per heavy atom. The number of ether oxygens (including phenoxy) is 5. The number of aromatic hydroxyl groups is 3. The van der Waals surface area contributed by atoms with Crippen LogP contribution >= 0.6 is 0 Å². The van der Waals surface area contributed by atoms with Gasteiger partial charge in [0.1, 0.15) is 41.2 Å². The number of methoxy groups -OCH3 is 1. The Labute approximate surface area is 491 Å². The second-order valence-electron chi connectivity index (χ2n) is 23.1. The van der Waals surface area contributed by atoms with Gasteiger partial charge in [0.25, 0.3) is 11.7 Å². The Hall–Kier alpha value is -7.77. The smallest absolute Gasteiger partial charge is 0.341 e. The standard InChI is InChI=1S/C43H58N4O12.C18H20FN3O4/c1-21-12-11-13-22(2)42(55)45-33-28(20-44-47-17-15-46(9)16-18-47)37(52)30-31(38(33)53)36(51)26(6)40-32(30)41(54)43(8,59-40)57-19-14-29(56-10)23(3)39(58-27(7)48)25(5)35(50)24(4)34(21)49;1-10-9-26-17-14-11(16(23)12(18(24)25)8-22(10)14)7-13(19)15(17)21-5-3-20(2)4-6-21/h11-14,19-21,23-25,29,34-35,39,49-53H,15-18H2,1-10H3,(H,45,55);7-8,10H,3-6,9H2,1-2H3,(H,24,25)/b12-11+,19-14+,22-13-,44-20-;/t21-,23-,24-,25-,29+,34+,35+,39-,43+;10-/m10/s1. The number of pyridine rings is 1. The summed E-state index contributed by atoms with van der Waals surface area (Å²) in [4.78, 5) is 70.7. The molecule has 10 rings (SSSR count). The van der Waals surface area contributed by atoms with Crippen LogP contribution in [-0.4, -0.2) is 190 Å². The molecule has 0 aliphatic carbocycles. The summed E-state index contributed by atoms with van der Waals surface area (Å²) in [6.07, 6.45) is 6.20. The molecule has 6 aliphatic rings. The molecule has 7 heterocycles. The lowest BCUT2D eigenvalue weighted by atomic mass is 9.78. The number of anilines is 2. The van der Waals surface area contributed by atoms with Crippen LogP contribution in [0, 0.1) is 36.4 Å². The minimum atomic E-state index is -2.04. The Kier molecular flexibility index (Phi) is 18.9. The molecule has 2 fully saturated rings. The van der Waals surface area contributed by atoms with Crippen molar-refractivity contribution in [3.8, 4) is 28.7 Å². The summed E-state index contributed by atoms with van der Waals surface area (Å²) in [6, 6.07) is 0.994. The Morgan fingerprint density at radius 3 is 2.13 bits per heavy atom. The quantitative estimate of drug-likeness (QED) is 0.0513. The van der Waals surface area contributed by atoms with E-state index in [1.54, 1.807) is 49.4 Å². The van der Waals surface area contributed by atoms with Crippen molar-refractivity contribution in [2.24, 2.45) is 28.8 Å². The average Bonchev–Trinajstić information content (AvgIpc) is 2.12. The molecule has 24 heteroatoms. The molecule has 6 aliphatic heterocycles. The van der Waals surface area contributed by atoms with E-state index in [1.165, 1.54) is 65.6 Å². The fourth-order valence-corrected chi connectivity index (χ4v) is 11.6. The highest BCUT2D eigenvalue weighted by Crippen LogP contribution is 2.55. The topological polar surface area (TPSA) is 295 Å². The third-order valence-corrected chi connectivity index (χ3v) is 17.1. The maximum absolute atomic E-state index is 15.0. The summed E-state index contributed by atoms with van der Waals surface area (Å²) in [6.45, 7) is 20.2. The Balaban J connectivity index is 0.000000298. The molecule has 85 heavy (non-hydrogen) atoms. The number of phenolic OH excluding ortho intramolecular Hbond substituents is 3. The molecular weight excluding hydrogens is 1110 g/mol. The van der Waals surface area contributed by atoms with E-state index in [2.05, 4.69) is 20.2 Å². The van der Waals surface area contributed by atoms with E-state index in [9.17, 15) is 59.0 Å². The summed E-state index contributed by atoms with van der Waals surface area (Å²) >= 11 is 0. The highest BCUT2D eigenvalue weighted by molar-refractivity contribution is 6.24. The number of carbonyl (C=O) groups excluding carboxylic acids is 3. The number of halogens is 1. The number of carbonyl (C=O) groups is 4. The maximum atomic E-state index is 15.0. The summed E-state index contributed by atoms with van der Waals surface area (Å²) in [5.74, 6) is -9.89. The van der Waals surface area contributed by atoms with Crippen LogP contribution in [0.3, 0.4) is 0 Å². The van der Waals surface area contributed by atoms with Crippen molar-refractivity contribution < 1.29 is 77.9 Å². The van der Waals surface area contributed by atoms with Gasteiger partial charge in [-0.05, 0) is 47.0 Å². The number of rotatable bonds is 6. The number of aromatic nitrogens is 1. The van der Waals surface area contributed by atoms with Gasteiger partial charge in [0, 0.05) is 120 Å². The van der Waals surface area contributed by atoms with Crippen molar-refractivity contribution in [2.75, 3.05) is 90.4 Å². The number of hydrazone groups is 1. The largest absolute Gasteiger partial charge is 0.507 e. The number of aliphatic hydroxyl groups excluding tert-OH is 2. The predicted octanol–water partition coefficient (Wildman–Crippen LogP) is 5.88. The molecule has 4 aromatic rings. The molecule has 0 saturated carbocycles. The van der Waals surface area contributed by atoms with E-state index in [0.717, 1.165) is 32.2 Å². The first-order chi connectivity index (χ1) is 40.1. The lowest BCUT2D eigenvalue weighted by Crippen LogP contribution is -2.46. The van der Waals surface area contributed by atoms with Crippen LogP contribution in [0.25, 0.3) is 21.7 Å². The molecule has 460 valence electrons. The second-order valence-corrected chi connectivity index (χ2v) is 23.1. The van der Waals surface area contributed by atoms with Gasteiger partial charge >= 0.3 is 17.7 Å². The van der Waals surface area contributed by atoms with Crippen LogP contribution in [-0.2, 0) is 23.8 Å². The lowest BCUT2D eigenvalue weighted by Gasteiger charge is -2.38. The summed E-state index contributed by atoms with van der Waals surface area (Å²) < 4.78 is 46.2. The fourth-order valence-electron chi connectivity index (χ4n) is 11.6. The normalized spacial score (nSPS) is 28.5. The molecular formula is C61H78FN7O16. The molecule has 0 radical (unpaired) electrons. The summed E-state index contributed by atoms with van der Waals surface area (Å²) in [5, 5.41) is 76.2. The number of carboxylic acid groups (broad SMARTS) is 1. The minimum Gasteiger partial charge on any atom is -0.507 e. The number of benzene rings is 3. The number of hydrogen-bond donors (Lipinski definition) is 7. The Bertz CT molecular complexity index is 3460. The number of allylic oxidation sites excluding steroid dienone is 2. The number of carboxylic acids is 1. The zero-order valence-corrected chi connectivity index (χ0v) is 50.0. The average molecular weight is 1180 g/mol. The van der Waals surface area contributed by atoms with Gasteiger partial charge in [0.05, 0.1) is 69.9 Å². The lowest BCUT2D eigenvalue weighted by molar-refractivity contribution is -0.160. The molecule has 1 aromatic heterocycles. The van der Waals surface area contributed by atoms with Crippen LogP contribution in [0.1, 0.15) is 93.3 Å². The zero-order valence-electron chi connectivity index (χ0n) is 50.0. The van der Waals surface area contributed by atoms with Crippen molar-refractivity contribution in [2.45, 2.75) is 98.6 Å². The first-order valence-corrected chi connectivity index (χ1v) is 28.4. The number of piperazine rings is 2. The third kappa shape index (κ3) is 12.4. The van der Waals surface area contributed by atoms with Gasteiger partial charge in [-0.15, -0.1) is 0 Å². The predicted molar refractivity (Wildman–Crippen MR) is 316 cm³/mol. The van der Waals surface area contributed by atoms with Gasteiger partial charge in [0.2, 0.25) is 5.43 Å². The number of nitrogens with zero attached hydrogens (tertiary/aromatic N) is 6. The molecule has 5 bridgehead atoms. The molecule has 3 aromatic carbocycles. The number of aromatic carboxylic acids is 1. The van der Waals surface area contributed by atoms with E-state index >= 15 is 0 Å². The molecule has 0 spiro atoms. The maximum Gasteiger partial charge on any atom is 0.341 e. The van der Waals surface area contributed by atoms with Crippen LogP contribution < -0.4 is 25.1 Å². The zero-order chi connectivity index (χ0) is 62.3. The number of aliphatic hydroxyl groups is 2. The van der Waals surface area contributed by atoms with Gasteiger partial charge in [-0.25, -0.2) is 9.18 Å². The monoisotopic (exact) mass is 1180 g/mol. The number of amides is 1. The van der Waals surface area contributed by atoms with Crippen molar-refractivity contribution in [1.29, 1.82) is 0 Å². The number of ketones is 1. The first kappa shape index (κ1) is 63.3. The van der Waals surface area contributed by atoms with Gasteiger partial charge in [0.15, 0.2) is 17.3 Å². The van der Waals surface area contributed by atoms with Crippen LogP contribution in [0.2, 0.25) is 0 Å². The van der Waals surface area contributed by atoms with E-state index in [4.69, 9.17) is 23.7 Å². The number of esters is 1. The molecule has 7 N–H and O–H groups in total. The number of hydrogen-bond acceptors (Lipinski definition) is 20. The third-order valence-electron chi connectivity index (χ3n) is 17.1. The van der Waals surface area contributed by atoms with Crippen molar-refractivity contribution in [1.82, 2.24) is 19.4 Å². The number of Topliss-reactive ketones (excluding diaryl/α,β-unsaturated/α-hetero) is 1. The SMILES string of the molecule is CO[C@H]1/C=C/O[C@@]2(C)Oc3c(C)c(O)c4c(O)c(c(/C=N\N5CCN(C)CC5)c(O)c4c3C2=O)NC(=O)/C(C)=C\C=C\[C@@H](C)[C@H](O)[C@@H](C)[C@H](O)[C@@H](C)[C@H](OC(C)=O)[C@@H]1C.C[C@H]1COc2c(N3CCN(C)CC3)c(F)cc3c(=O)c(C(=O)O)cn1c23. The number of phenols is 3. The molecule has 1 amide bonds. The van der Waals surface area contributed by atoms with Gasteiger partial charge in [-0.3, -0.25) is 24.2 Å². The van der Waals surface area contributed by atoms with Crippen molar-refractivity contribution in [3.05, 3.63) is 86.7 Å². The number of likely N-dealkylation sites (N-methyl/N-ethyl adjacent to an activating group) is 2. The van der Waals surface area contributed by atoms with Crippen LogP contribution in [0.5, 0.6) is 28.7 Å². The molecule has 23 nitrogen and oxygen atoms in total. The second kappa shape index (κ2) is 25.4. The summed E-state index contributed by atoms with van der Waals surface area (Å²) in [5.41, 5.74) is -0.574. The van der Waals surface area contributed by atoms with Gasteiger partial charge < -0.3 is 78.9 Å². The van der Waals surface area contributed by atoms with E-state index in [1.807, 2.05) is 25.9 Å². The van der Waals surface area contributed by atoms with Crippen molar-refractivity contribution in [3.63, 3.8) is 0 Å².